The van der Waals surface area contributed by atoms with E-state index >= 15 is 0 Å². The summed E-state index contributed by atoms with van der Waals surface area (Å²) in [5.41, 5.74) is 2.09. The van der Waals surface area contributed by atoms with Crippen molar-refractivity contribution in [3.05, 3.63) is 39.7 Å². The largest absolute Gasteiger partial charge is 0.234 e. The molecule has 0 unspecified atom stereocenters. The fourth-order valence-electron chi connectivity index (χ4n) is 1.02. The third-order valence-corrected chi connectivity index (χ3v) is 3.92. The summed E-state index contributed by atoms with van der Waals surface area (Å²) in [6.45, 7) is 2.03. The van der Waals surface area contributed by atoms with Gasteiger partial charge in [-0.25, -0.2) is 4.99 Å². The van der Waals surface area contributed by atoms with Crippen LogP contribution in [0.3, 0.4) is 0 Å². The van der Waals surface area contributed by atoms with Crippen molar-refractivity contribution in [3.8, 4) is 0 Å². The highest BCUT2D eigenvalue weighted by Crippen LogP contribution is 2.17. The second-order valence-electron chi connectivity index (χ2n) is 2.74. The molecule has 1 heterocycles. The molecule has 0 amide bonds. The zero-order valence-electron chi connectivity index (χ0n) is 7.40. The average molecular weight is 243 g/mol. The van der Waals surface area contributed by atoms with E-state index in [1.165, 1.54) is 20.9 Å². The number of nitrogens with zero attached hydrogens (tertiary/aromatic N) is 2. The van der Waals surface area contributed by atoms with E-state index in [1.54, 1.807) is 0 Å². The molecular weight excluding hydrogens is 236 g/mol. The summed E-state index contributed by atoms with van der Waals surface area (Å²) >= 11 is 5.86. The quantitative estimate of drug-likeness (QED) is 0.704. The lowest BCUT2D eigenvalue weighted by atomic mass is 10.2. The molecule has 1 aromatic carbocycles. The van der Waals surface area contributed by atoms with Crippen LogP contribution in [0.2, 0.25) is 5.15 Å². The second kappa shape index (κ2) is 4.21. The third kappa shape index (κ3) is 2.03. The molecule has 0 aliphatic heterocycles. The zero-order chi connectivity index (χ0) is 9.97. The Hall–Kier alpha value is -0.710. The van der Waals surface area contributed by atoms with Crippen LogP contribution in [0.1, 0.15) is 5.56 Å². The molecule has 2 aromatic rings. The number of para-hydroxylation sites is 1. The van der Waals surface area contributed by atoms with Gasteiger partial charge in [0.1, 0.15) is 0 Å². The Balaban J connectivity index is 2.54. The van der Waals surface area contributed by atoms with Crippen molar-refractivity contribution >= 4 is 38.2 Å². The Morgan fingerprint density at radius 3 is 2.79 bits per heavy atom. The minimum absolute atomic E-state index is 0.489. The van der Waals surface area contributed by atoms with Crippen molar-refractivity contribution < 1.29 is 0 Å². The maximum absolute atomic E-state index is 5.86. The summed E-state index contributed by atoms with van der Waals surface area (Å²) in [6.07, 6.45) is 0. The normalized spacial score (nSPS) is 12.0. The van der Waals surface area contributed by atoms with Crippen LogP contribution in [0.25, 0.3) is 0 Å². The van der Waals surface area contributed by atoms with E-state index in [-0.39, 0.29) is 0 Å². The van der Waals surface area contributed by atoms with Gasteiger partial charge in [0.05, 0.1) is 5.69 Å². The number of halogens is 1. The van der Waals surface area contributed by atoms with E-state index in [4.69, 9.17) is 11.6 Å². The van der Waals surface area contributed by atoms with Crippen LogP contribution in [0.15, 0.2) is 29.3 Å². The lowest BCUT2D eigenvalue weighted by Crippen LogP contribution is -1.93. The predicted octanol–water partition coefficient (Wildman–Crippen LogP) is 3.40. The molecule has 72 valence electrons. The number of aryl methyl sites for hydroxylation is 1. The number of hydrogen-bond donors (Lipinski definition) is 0. The van der Waals surface area contributed by atoms with Crippen molar-refractivity contribution in [2.24, 2.45) is 4.99 Å². The summed E-state index contributed by atoms with van der Waals surface area (Å²) in [7, 11) is 2.84. The maximum Gasteiger partial charge on any atom is 0.179 e. The van der Waals surface area contributed by atoms with Crippen LogP contribution in [0.5, 0.6) is 0 Å². The number of hydrogen-bond acceptors (Lipinski definition) is 4. The summed E-state index contributed by atoms with van der Waals surface area (Å²) in [5, 5.41) is 0.489. The fraction of sp³-hybridized carbons (Fsp3) is 0.111. The Kier molecular flexibility index (Phi) is 2.96. The maximum atomic E-state index is 5.86. The van der Waals surface area contributed by atoms with E-state index in [0.717, 1.165) is 15.9 Å². The van der Waals surface area contributed by atoms with Gasteiger partial charge in [-0.15, -0.1) is 0 Å². The number of benzene rings is 1. The first-order chi connectivity index (χ1) is 6.77. The van der Waals surface area contributed by atoms with E-state index in [0.29, 0.717) is 5.15 Å². The van der Waals surface area contributed by atoms with E-state index in [9.17, 15) is 0 Å². The van der Waals surface area contributed by atoms with Gasteiger partial charge in [0, 0.05) is 10.5 Å². The number of aromatic nitrogens is 1. The van der Waals surface area contributed by atoms with Crippen LogP contribution in [-0.4, -0.2) is 4.37 Å². The molecule has 0 aliphatic carbocycles. The first kappa shape index (κ1) is 9.83. The highest BCUT2D eigenvalue weighted by Gasteiger charge is 1.98. The molecule has 0 atom stereocenters. The lowest BCUT2D eigenvalue weighted by Gasteiger charge is -1.95. The molecule has 1 aromatic heterocycles. The van der Waals surface area contributed by atoms with Gasteiger partial charge >= 0.3 is 0 Å². The molecule has 2 nitrogen and oxygen atoms in total. The van der Waals surface area contributed by atoms with Crippen LogP contribution in [0.4, 0.5) is 5.69 Å². The van der Waals surface area contributed by atoms with E-state index in [1.807, 2.05) is 31.2 Å². The van der Waals surface area contributed by atoms with Gasteiger partial charge in [0.2, 0.25) is 0 Å². The van der Waals surface area contributed by atoms with Gasteiger partial charge in [-0.05, 0) is 28.9 Å². The van der Waals surface area contributed by atoms with Crippen molar-refractivity contribution in [1.29, 1.82) is 0 Å². The van der Waals surface area contributed by atoms with Crippen LogP contribution in [0, 0.1) is 6.92 Å². The van der Waals surface area contributed by atoms with Crippen LogP contribution >= 0.6 is 32.5 Å². The standard InChI is InChI=1S/C9H7ClN2S2/c1-6-4-2-3-5-7(6)11-9-8(10)12-14-13-9/h2-5H,1H3/b11-9+. The van der Waals surface area contributed by atoms with Crippen molar-refractivity contribution in [1.82, 2.24) is 4.37 Å². The first-order valence-electron chi connectivity index (χ1n) is 3.99. The molecule has 2 rings (SSSR count). The first-order valence-corrected chi connectivity index (χ1v) is 6.48. The Morgan fingerprint density at radius 2 is 2.14 bits per heavy atom. The molecule has 0 aliphatic rings. The molecule has 0 bridgehead atoms. The van der Waals surface area contributed by atoms with Gasteiger partial charge in [-0.3, -0.25) is 0 Å². The van der Waals surface area contributed by atoms with Gasteiger partial charge in [0.25, 0.3) is 0 Å². The van der Waals surface area contributed by atoms with Crippen molar-refractivity contribution in [3.63, 3.8) is 0 Å². The van der Waals surface area contributed by atoms with Crippen LogP contribution < -0.4 is 4.67 Å². The fourth-order valence-corrected chi connectivity index (χ4v) is 3.01. The Morgan fingerprint density at radius 1 is 1.36 bits per heavy atom. The van der Waals surface area contributed by atoms with Gasteiger partial charge in [0.15, 0.2) is 9.82 Å². The summed E-state index contributed by atoms with van der Waals surface area (Å²) in [6, 6.07) is 7.95. The van der Waals surface area contributed by atoms with Gasteiger partial charge < -0.3 is 0 Å². The van der Waals surface area contributed by atoms with Gasteiger partial charge in [-0.1, -0.05) is 29.8 Å². The third-order valence-electron chi connectivity index (χ3n) is 1.75. The minimum atomic E-state index is 0.489. The molecule has 5 heteroatoms. The predicted molar refractivity (Wildman–Crippen MR) is 61.4 cm³/mol. The summed E-state index contributed by atoms with van der Waals surface area (Å²) < 4.78 is 4.76. The smallest absolute Gasteiger partial charge is 0.179 e. The van der Waals surface area contributed by atoms with E-state index < -0.39 is 0 Å². The monoisotopic (exact) mass is 242 g/mol. The highest BCUT2D eigenvalue weighted by atomic mass is 35.5. The molecule has 0 fully saturated rings. The molecule has 0 radical (unpaired) electrons. The van der Waals surface area contributed by atoms with E-state index in [2.05, 4.69) is 9.37 Å². The van der Waals surface area contributed by atoms with Crippen molar-refractivity contribution in [2.45, 2.75) is 6.92 Å². The average Bonchev–Trinajstić information content (AvgIpc) is 2.56. The second-order valence-corrected chi connectivity index (χ2v) is 4.93. The van der Waals surface area contributed by atoms with Crippen molar-refractivity contribution in [2.75, 3.05) is 0 Å². The van der Waals surface area contributed by atoms with Gasteiger partial charge in [-0.2, -0.15) is 4.37 Å². The molecule has 0 saturated carbocycles. The molecule has 0 spiro atoms. The summed E-state index contributed by atoms with van der Waals surface area (Å²) in [4.78, 5) is 4.43. The highest BCUT2D eigenvalue weighted by molar-refractivity contribution is 7.66. The number of rotatable bonds is 1. The molecule has 14 heavy (non-hydrogen) atoms. The zero-order valence-corrected chi connectivity index (χ0v) is 9.79. The molecular formula is C9H7ClN2S2. The molecule has 0 N–H and O–H groups in total. The minimum Gasteiger partial charge on any atom is -0.234 e. The summed E-state index contributed by atoms with van der Waals surface area (Å²) in [5.74, 6) is 0. The van der Waals surface area contributed by atoms with Crippen LogP contribution in [-0.2, 0) is 0 Å². The Labute approximate surface area is 94.1 Å². The lowest BCUT2D eigenvalue weighted by molar-refractivity contribution is 1.32. The Bertz CT molecular complexity index is 501. The SMILES string of the molecule is Cc1ccccc1/N=c1/ssnc1Cl. The topological polar surface area (TPSA) is 25.2 Å². The molecule has 0 saturated heterocycles.